The molecule has 7 heteroatoms. The van der Waals surface area contributed by atoms with E-state index in [2.05, 4.69) is 29.5 Å². The van der Waals surface area contributed by atoms with Crippen LogP contribution in [0.2, 0.25) is 0 Å². The van der Waals surface area contributed by atoms with Crippen molar-refractivity contribution < 1.29 is 9.26 Å². The summed E-state index contributed by atoms with van der Waals surface area (Å²) in [6.45, 7) is 6.14. The van der Waals surface area contributed by atoms with E-state index in [4.69, 9.17) is 26.5 Å². The minimum absolute atomic E-state index is 0.288. The SMILES string of the molecule is COc1cccc(C2NC(=S)N(c3cccc(C)c3)C(C)=C2c2nc(-c3cccc(C)c3)no2)c1. The number of thiocarbonyl (C=S) groups is 1. The highest BCUT2D eigenvalue weighted by atomic mass is 32.1. The third kappa shape index (κ3) is 4.42. The van der Waals surface area contributed by atoms with Gasteiger partial charge in [-0.2, -0.15) is 4.98 Å². The molecular weight excluding hydrogens is 456 g/mol. The Balaban J connectivity index is 1.67. The van der Waals surface area contributed by atoms with E-state index in [-0.39, 0.29) is 6.04 Å². The van der Waals surface area contributed by atoms with E-state index in [1.807, 2.05) is 79.4 Å². The molecule has 0 fully saturated rings. The lowest BCUT2D eigenvalue weighted by atomic mass is 9.94. The lowest BCUT2D eigenvalue weighted by Crippen LogP contribution is -2.46. The molecule has 35 heavy (non-hydrogen) atoms. The Morgan fingerprint density at radius 1 is 0.943 bits per heavy atom. The summed E-state index contributed by atoms with van der Waals surface area (Å²) in [6, 6.07) is 23.9. The zero-order valence-electron chi connectivity index (χ0n) is 20.1. The Morgan fingerprint density at radius 3 is 2.43 bits per heavy atom. The number of anilines is 1. The summed E-state index contributed by atoms with van der Waals surface area (Å²) >= 11 is 5.85. The molecule has 1 aliphatic rings. The molecule has 1 unspecified atom stereocenters. The summed E-state index contributed by atoms with van der Waals surface area (Å²) in [4.78, 5) is 6.83. The standard InChI is InChI=1S/C28H26N4O2S/c1-17-8-5-11-21(14-17)26-30-27(34-31-26)24-19(3)32(22-12-6-9-18(2)15-22)28(35)29-25(24)20-10-7-13-23(16-20)33-4/h5-16,25H,1-4H3,(H,29,35). The molecule has 176 valence electrons. The Morgan fingerprint density at radius 2 is 1.69 bits per heavy atom. The fraction of sp³-hybridized carbons (Fsp3) is 0.179. The van der Waals surface area contributed by atoms with E-state index < -0.39 is 0 Å². The van der Waals surface area contributed by atoms with Gasteiger partial charge in [0.25, 0.3) is 5.89 Å². The number of methoxy groups -OCH3 is 1. The molecule has 6 nitrogen and oxygen atoms in total. The summed E-state index contributed by atoms with van der Waals surface area (Å²) in [6.07, 6.45) is 0. The molecule has 0 spiro atoms. The summed E-state index contributed by atoms with van der Waals surface area (Å²) in [5.74, 6) is 1.75. The van der Waals surface area contributed by atoms with Gasteiger partial charge in [0.2, 0.25) is 5.82 Å². The van der Waals surface area contributed by atoms with Gasteiger partial charge in [0, 0.05) is 16.9 Å². The van der Waals surface area contributed by atoms with Crippen LogP contribution in [0.15, 0.2) is 83.0 Å². The molecule has 3 aromatic carbocycles. The molecule has 0 saturated heterocycles. The lowest BCUT2D eigenvalue weighted by Gasteiger charge is -2.37. The van der Waals surface area contributed by atoms with Crippen LogP contribution in [0, 0.1) is 13.8 Å². The van der Waals surface area contributed by atoms with Crippen molar-refractivity contribution in [3.8, 4) is 17.1 Å². The van der Waals surface area contributed by atoms with Crippen LogP contribution in [-0.4, -0.2) is 22.4 Å². The molecular formula is C28H26N4O2S. The van der Waals surface area contributed by atoms with Crippen molar-refractivity contribution in [2.45, 2.75) is 26.8 Å². The van der Waals surface area contributed by atoms with E-state index in [0.717, 1.165) is 45.0 Å². The highest BCUT2D eigenvalue weighted by Gasteiger charge is 2.35. The quantitative estimate of drug-likeness (QED) is 0.338. The van der Waals surface area contributed by atoms with Crippen molar-refractivity contribution in [3.63, 3.8) is 0 Å². The fourth-order valence-corrected chi connectivity index (χ4v) is 4.76. The van der Waals surface area contributed by atoms with Crippen LogP contribution >= 0.6 is 12.2 Å². The Labute approximate surface area is 210 Å². The number of aryl methyl sites for hydroxylation is 2. The highest BCUT2D eigenvalue weighted by molar-refractivity contribution is 7.80. The molecule has 1 aromatic heterocycles. The van der Waals surface area contributed by atoms with Gasteiger partial charge in [0.1, 0.15) is 5.75 Å². The number of hydrogen-bond donors (Lipinski definition) is 1. The third-order valence-electron chi connectivity index (χ3n) is 6.10. The second kappa shape index (κ2) is 9.35. The summed E-state index contributed by atoms with van der Waals surface area (Å²) < 4.78 is 11.3. The first-order valence-corrected chi connectivity index (χ1v) is 11.8. The van der Waals surface area contributed by atoms with Crippen molar-refractivity contribution in [2.24, 2.45) is 0 Å². The Bertz CT molecular complexity index is 1440. The Kier molecular flexibility index (Phi) is 6.09. The van der Waals surface area contributed by atoms with Crippen LogP contribution in [0.1, 0.15) is 35.5 Å². The van der Waals surface area contributed by atoms with Crippen molar-refractivity contribution in [2.75, 3.05) is 12.0 Å². The zero-order valence-corrected chi connectivity index (χ0v) is 20.9. The molecule has 1 atom stereocenters. The number of hydrogen-bond acceptors (Lipinski definition) is 5. The van der Waals surface area contributed by atoms with Gasteiger partial charge in [-0.25, -0.2) is 0 Å². The number of nitrogens with zero attached hydrogens (tertiary/aromatic N) is 3. The number of rotatable bonds is 5. The highest BCUT2D eigenvalue weighted by Crippen LogP contribution is 2.40. The van der Waals surface area contributed by atoms with Crippen molar-refractivity contribution in [1.82, 2.24) is 15.5 Å². The number of benzene rings is 3. The first kappa shape index (κ1) is 22.8. The first-order valence-electron chi connectivity index (χ1n) is 11.4. The smallest absolute Gasteiger partial charge is 0.258 e. The predicted octanol–water partition coefficient (Wildman–Crippen LogP) is 6.23. The van der Waals surface area contributed by atoms with E-state index in [1.54, 1.807) is 7.11 Å². The van der Waals surface area contributed by atoms with Gasteiger partial charge in [0.15, 0.2) is 5.11 Å². The first-order chi connectivity index (χ1) is 16.9. The molecule has 5 rings (SSSR count). The lowest BCUT2D eigenvalue weighted by molar-refractivity contribution is 0.403. The molecule has 0 amide bonds. The molecule has 0 bridgehead atoms. The van der Waals surface area contributed by atoms with E-state index in [0.29, 0.717) is 16.8 Å². The van der Waals surface area contributed by atoms with Gasteiger partial charge < -0.3 is 14.6 Å². The van der Waals surface area contributed by atoms with E-state index in [9.17, 15) is 0 Å². The van der Waals surface area contributed by atoms with Gasteiger partial charge in [0.05, 0.1) is 18.7 Å². The zero-order chi connectivity index (χ0) is 24.5. The summed E-state index contributed by atoms with van der Waals surface area (Å²) in [5, 5.41) is 8.41. The monoisotopic (exact) mass is 482 g/mol. The van der Waals surface area contributed by atoms with Crippen molar-refractivity contribution >= 4 is 28.6 Å². The number of nitrogens with one attached hydrogen (secondary N) is 1. The van der Waals surface area contributed by atoms with Gasteiger partial charge in [-0.3, -0.25) is 4.90 Å². The average molecular weight is 483 g/mol. The van der Waals surface area contributed by atoms with Gasteiger partial charge in [-0.1, -0.05) is 53.2 Å². The van der Waals surface area contributed by atoms with Gasteiger partial charge >= 0.3 is 0 Å². The molecule has 0 radical (unpaired) electrons. The number of allylic oxidation sites excluding steroid dienone is 1. The van der Waals surface area contributed by atoms with Gasteiger partial charge in [-0.05, 0) is 74.4 Å². The number of aromatic nitrogens is 2. The van der Waals surface area contributed by atoms with Crippen LogP contribution in [0.25, 0.3) is 17.0 Å². The normalized spacial score (nSPS) is 15.8. The molecule has 1 N–H and O–H groups in total. The predicted molar refractivity (Wildman–Crippen MR) is 142 cm³/mol. The van der Waals surface area contributed by atoms with E-state index >= 15 is 0 Å². The maximum absolute atomic E-state index is 5.86. The van der Waals surface area contributed by atoms with Crippen LogP contribution in [0.5, 0.6) is 5.75 Å². The van der Waals surface area contributed by atoms with Crippen LogP contribution < -0.4 is 15.0 Å². The second-order valence-electron chi connectivity index (χ2n) is 8.63. The molecule has 2 heterocycles. The topological polar surface area (TPSA) is 63.4 Å². The third-order valence-corrected chi connectivity index (χ3v) is 6.40. The summed E-state index contributed by atoms with van der Waals surface area (Å²) in [7, 11) is 1.66. The fourth-order valence-electron chi connectivity index (χ4n) is 4.40. The molecule has 4 aromatic rings. The van der Waals surface area contributed by atoms with Crippen molar-refractivity contribution in [3.05, 3.63) is 101 Å². The maximum atomic E-state index is 5.86. The van der Waals surface area contributed by atoms with Crippen molar-refractivity contribution in [1.29, 1.82) is 0 Å². The Hall–Kier alpha value is -3.97. The molecule has 0 aliphatic carbocycles. The largest absolute Gasteiger partial charge is 0.497 e. The minimum Gasteiger partial charge on any atom is -0.497 e. The summed E-state index contributed by atoms with van der Waals surface area (Å²) in [5.41, 5.74) is 6.93. The maximum Gasteiger partial charge on any atom is 0.258 e. The number of ether oxygens (including phenoxy) is 1. The average Bonchev–Trinajstić information content (AvgIpc) is 3.33. The van der Waals surface area contributed by atoms with E-state index in [1.165, 1.54) is 0 Å². The van der Waals surface area contributed by atoms with Crippen LogP contribution in [0.4, 0.5) is 5.69 Å². The van der Waals surface area contributed by atoms with Crippen LogP contribution in [0.3, 0.4) is 0 Å². The molecule has 0 saturated carbocycles. The molecule has 1 aliphatic heterocycles. The second-order valence-corrected chi connectivity index (χ2v) is 9.01. The van der Waals surface area contributed by atoms with Gasteiger partial charge in [-0.15, -0.1) is 0 Å². The minimum atomic E-state index is -0.288. The van der Waals surface area contributed by atoms with Crippen LogP contribution in [-0.2, 0) is 0 Å².